The number of aryl methyl sites for hydroxylation is 1. The summed E-state index contributed by atoms with van der Waals surface area (Å²) in [6, 6.07) is 8.05. The number of carbonyl (C=O) groups is 1. The number of hydrogen-bond acceptors (Lipinski definition) is 7. The van der Waals surface area contributed by atoms with Gasteiger partial charge in [0.05, 0.1) is 17.4 Å². The third-order valence-electron chi connectivity index (χ3n) is 4.36. The normalized spacial score (nSPS) is 11.9. The second-order valence-electron chi connectivity index (χ2n) is 6.50. The molecule has 4 aromatic rings. The molecule has 0 spiro atoms. The molecule has 0 radical (unpaired) electrons. The Labute approximate surface area is 177 Å². The maximum atomic E-state index is 12.9. The van der Waals surface area contributed by atoms with E-state index in [1.165, 1.54) is 23.2 Å². The molecule has 0 saturated heterocycles. The molecular weight excluding hydrogens is 431 g/mol. The van der Waals surface area contributed by atoms with Crippen LogP contribution in [-0.2, 0) is 13.2 Å². The summed E-state index contributed by atoms with van der Waals surface area (Å²) in [4.78, 5) is 20.4. The largest absolute Gasteiger partial charge is 0.439 e. The zero-order chi connectivity index (χ0) is 22.9. The van der Waals surface area contributed by atoms with Crippen molar-refractivity contribution in [1.29, 1.82) is 0 Å². The van der Waals surface area contributed by atoms with Gasteiger partial charge in [0.2, 0.25) is 5.88 Å². The number of rotatable bonds is 4. The summed E-state index contributed by atoms with van der Waals surface area (Å²) in [5.41, 5.74) is -0.146. The molecule has 0 bridgehead atoms. The van der Waals surface area contributed by atoms with E-state index in [-0.39, 0.29) is 11.7 Å². The van der Waals surface area contributed by atoms with Gasteiger partial charge in [0, 0.05) is 30.8 Å². The summed E-state index contributed by atoms with van der Waals surface area (Å²) in [5, 5.41) is 18.2. The molecule has 0 unspecified atom stereocenters. The van der Waals surface area contributed by atoms with Crippen LogP contribution in [0.5, 0.6) is 11.6 Å². The molecule has 3 heterocycles. The molecule has 164 valence electrons. The minimum Gasteiger partial charge on any atom is -0.439 e. The number of fused-ring (bicyclic) bond motifs is 1. The second kappa shape index (κ2) is 8.02. The van der Waals surface area contributed by atoms with E-state index >= 15 is 0 Å². The summed E-state index contributed by atoms with van der Waals surface area (Å²) in [5.74, 6) is 0.403. The van der Waals surface area contributed by atoms with Crippen molar-refractivity contribution in [1.82, 2.24) is 24.3 Å². The van der Waals surface area contributed by atoms with Crippen molar-refractivity contribution >= 4 is 29.0 Å². The molecule has 0 aliphatic carbocycles. The van der Waals surface area contributed by atoms with Crippen molar-refractivity contribution < 1.29 is 27.9 Å². The zero-order valence-corrected chi connectivity index (χ0v) is 16.3. The quantitative estimate of drug-likeness (QED) is 0.280. The number of ether oxygens (including phenoxy) is 1. The number of nitrogens with one attached hydrogen (secondary N) is 1. The molecule has 0 saturated carbocycles. The van der Waals surface area contributed by atoms with Crippen LogP contribution in [0.3, 0.4) is 0 Å². The first-order valence-electron chi connectivity index (χ1n) is 8.95. The standard InChI is InChI=1S/C19H14F3N7O3/c1-28-15(19(20,21)22)8-16(27-28)26-18(30)29-5-4-11-6-13(2-3-14(11)29)32-17-7-12(9-25-31)23-10-24-17/h2-10,31H,1H3,(H,26,27,30)/b25-9+. The molecule has 10 nitrogen and oxygen atoms in total. The number of nitrogens with zero attached hydrogens (tertiary/aromatic N) is 6. The minimum atomic E-state index is -4.59. The van der Waals surface area contributed by atoms with Gasteiger partial charge in [-0.3, -0.25) is 14.6 Å². The molecule has 0 aliphatic rings. The summed E-state index contributed by atoms with van der Waals surface area (Å²) in [6.45, 7) is 0. The third-order valence-corrected chi connectivity index (χ3v) is 4.36. The summed E-state index contributed by atoms with van der Waals surface area (Å²) in [7, 11) is 1.14. The molecule has 2 N–H and O–H groups in total. The lowest BCUT2D eigenvalue weighted by molar-refractivity contribution is -0.143. The van der Waals surface area contributed by atoms with Gasteiger partial charge in [-0.05, 0) is 24.3 Å². The van der Waals surface area contributed by atoms with Gasteiger partial charge in [-0.2, -0.15) is 18.3 Å². The van der Waals surface area contributed by atoms with E-state index in [1.807, 2.05) is 0 Å². The molecule has 0 aliphatic heterocycles. The van der Waals surface area contributed by atoms with E-state index in [9.17, 15) is 18.0 Å². The maximum Gasteiger partial charge on any atom is 0.433 e. The Morgan fingerprint density at radius 1 is 1.22 bits per heavy atom. The first-order chi connectivity index (χ1) is 15.2. The van der Waals surface area contributed by atoms with Crippen molar-refractivity contribution in [2.45, 2.75) is 6.18 Å². The Morgan fingerprint density at radius 3 is 2.75 bits per heavy atom. The van der Waals surface area contributed by atoms with Crippen LogP contribution in [0.25, 0.3) is 10.9 Å². The first kappa shape index (κ1) is 20.8. The highest BCUT2D eigenvalue weighted by Gasteiger charge is 2.35. The van der Waals surface area contributed by atoms with Crippen molar-refractivity contribution in [3.8, 4) is 11.6 Å². The van der Waals surface area contributed by atoms with Crippen LogP contribution in [-0.4, -0.2) is 41.8 Å². The number of aromatic nitrogens is 5. The average molecular weight is 445 g/mol. The molecular formula is C19H14F3N7O3. The van der Waals surface area contributed by atoms with Crippen LogP contribution in [0.2, 0.25) is 0 Å². The highest BCUT2D eigenvalue weighted by molar-refractivity contribution is 5.98. The Balaban J connectivity index is 1.54. The van der Waals surface area contributed by atoms with Crippen molar-refractivity contribution in [3.63, 3.8) is 0 Å². The number of oxime groups is 1. The number of carbonyl (C=O) groups excluding carboxylic acids is 1. The Kier molecular flexibility index (Phi) is 5.22. The summed E-state index contributed by atoms with van der Waals surface area (Å²) >= 11 is 0. The maximum absolute atomic E-state index is 12.9. The smallest absolute Gasteiger partial charge is 0.433 e. The number of halogens is 3. The van der Waals surface area contributed by atoms with E-state index in [2.05, 4.69) is 25.5 Å². The van der Waals surface area contributed by atoms with Crippen molar-refractivity contribution in [3.05, 3.63) is 60.3 Å². The lowest BCUT2D eigenvalue weighted by Gasteiger charge is -2.07. The topological polar surface area (TPSA) is 119 Å². The molecule has 0 atom stereocenters. The van der Waals surface area contributed by atoms with Gasteiger partial charge in [0.1, 0.15) is 17.8 Å². The van der Waals surface area contributed by atoms with Gasteiger partial charge >= 0.3 is 12.2 Å². The number of hydrogen-bond donors (Lipinski definition) is 2. The molecule has 13 heteroatoms. The van der Waals surface area contributed by atoms with Crippen LogP contribution in [0.15, 0.2) is 54.1 Å². The van der Waals surface area contributed by atoms with E-state index in [4.69, 9.17) is 9.94 Å². The number of alkyl halides is 3. The van der Waals surface area contributed by atoms with Crippen LogP contribution >= 0.6 is 0 Å². The minimum absolute atomic E-state index is 0.210. The van der Waals surface area contributed by atoms with E-state index in [1.54, 1.807) is 24.3 Å². The van der Waals surface area contributed by atoms with E-state index in [0.717, 1.165) is 19.3 Å². The fourth-order valence-electron chi connectivity index (χ4n) is 2.98. The lowest BCUT2D eigenvalue weighted by atomic mass is 10.2. The van der Waals surface area contributed by atoms with Gasteiger partial charge < -0.3 is 9.94 Å². The number of amides is 1. The zero-order valence-electron chi connectivity index (χ0n) is 16.3. The van der Waals surface area contributed by atoms with Crippen LogP contribution < -0.4 is 10.1 Å². The van der Waals surface area contributed by atoms with Gasteiger partial charge in [-0.25, -0.2) is 14.8 Å². The van der Waals surface area contributed by atoms with Crippen molar-refractivity contribution in [2.75, 3.05) is 5.32 Å². The Hall–Kier alpha value is -4.42. The van der Waals surface area contributed by atoms with Gasteiger partial charge in [-0.1, -0.05) is 5.16 Å². The molecule has 1 aromatic carbocycles. The molecule has 4 rings (SSSR count). The predicted octanol–water partition coefficient (Wildman–Crippen LogP) is 3.86. The molecule has 32 heavy (non-hydrogen) atoms. The van der Waals surface area contributed by atoms with Crippen LogP contribution in [0, 0.1) is 0 Å². The number of benzene rings is 1. The predicted molar refractivity (Wildman–Crippen MR) is 106 cm³/mol. The second-order valence-corrected chi connectivity index (χ2v) is 6.50. The van der Waals surface area contributed by atoms with Crippen LogP contribution in [0.4, 0.5) is 23.8 Å². The summed E-state index contributed by atoms with van der Waals surface area (Å²) < 4.78 is 46.3. The number of anilines is 1. The highest BCUT2D eigenvalue weighted by atomic mass is 19.4. The SMILES string of the molecule is Cn1nc(NC(=O)n2ccc3cc(Oc4cc(/C=N/O)ncn4)ccc32)cc1C(F)(F)F. The first-order valence-corrected chi connectivity index (χ1v) is 8.95. The van der Waals surface area contributed by atoms with E-state index in [0.29, 0.717) is 27.0 Å². The lowest BCUT2D eigenvalue weighted by Crippen LogP contribution is -2.18. The Bertz CT molecular complexity index is 1330. The average Bonchev–Trinajstić information content (AvgIpc) is 3.31. The molecule has 1 amide bonds. The fraction of sp³-hybridized carbons (Fsp3) is 0.105. The van der Waals surface area contributed by atoms with E-state index < -0.39 is 17.9 Å². The highest BCUT2D eigenvalue weighted by Crippen LogP contribution is 2.30. The molecule has 3 aromatic heterocycles. The van der Waals surface area contributed by atoms with Gasteiger partial charge in [0.25, 0.3) is 0 Å². The summed E-state index contributed by atoms with van der Waals surface area (Å²) in [6.07, 6.45) is -0.752. The monoisotopic (exact) mass is 445 g/mol. The molecule has 0 fully saturated rings. The Morgan fingerprint density at radius 2 is 2.03 bits per heavy atom. The van der Waals surface area contributed by atoms with Gasteiger partial charge in [-0.15, -0.1) is 0 Å². The fourth-order valence-corrected chi connectivity index (χ4v) is 2.98. The van der Waals surface area contributed by atoms with Crippen LogP contribution in [0.1, 0.15) is 11.4 Å². The van der Waals surface area contributed by atoms with Crippen molar-refractivity contribution in [2.24, 2.45) is 12.2 Å². The van der Waals surface area contributed by atoms with Gasteiger partial charge in [0.15, 0.2) is 5.82 Å². The third kappa shape index (κ3) is 4.21.